The van der Waals surface area contributed by atoms with Crippen LogP contribution >= 0.6 is 22.9 Å². The number of halogens is 1. The van der Waals surface area contributed by atoms with Gasteiger partial charge in [-0.2, -0.15) is 0 Å². The number of imidazole rings is 1. The lowest BCUT2D eigenvalue weighted by Crippen LogP contribution is -1.87. The van der Waals surface area contributed by atoms with Crippen molar-refractivity contribution in [2.75, 3.05) is 0 Å². The number of hydrogen-bond acceptors (Lipinski definition) is 2. The summed E-state index contributed by atoms with van der Waals surface area (Å²) in [7, 11) is 0. The molecule has 3 rings (SSSR count). The van der Waals surface area contributed by atoms with Crippen LogP contribution in [0.3, 0.4) is 0 Å². The monoisotopic (exact) mass is 262 g/mol. The van der Waals surface area contributed by atoms with Crippen molar-refractivity contribution in [2.45, 2.75) is 13.3 Å². The van der Waals surface area contributed by atoms with E-state index in [9.17, 15) is 0 Å². The van der Waals surface area contributed by atoms with Crippen LogP contribution in [0.25, 0.3) is 16.2 Å². The van der Waals surface area contributed by atoms with Crippen molar-refractivity contribution in [3.8, 4) is 11.3 Å². The lowest BCUT2D eigenvalue weighted by Gasteiger charge is -2.03. The summed E-state index contributed by atoms with van der Waals surface area (Å²) in [6, 6.07) is 7.97. The molecule has 0 spiro atoms. The first kappa shape index (κ1) is 10.8. The molecule has 0 aliphatic heterocycles. The number of aryl methyl sites for hydroxylation is 1. The first-order chi connectivity index (χ1) is 8.29. The highest BCUT2D eigenvalue weighted by molar-refractivity contribution is 7.17. The zero-order chi connectivity index (χ0) is 11.8. The molecule has 0 saturated heterocycles. The van der Waals surface area contributed by atoms with E-state index in [0.29, 0.717) is 0 Å². The molecule has 3 aromatic rings. The molecule has 0 atom stereocenters. The molecule has 0 unspecified atom stereocenters. The fourth-order valence-electron chi connectivity index (χ4n) is 1.98. The van der Waals surface area contributed by atoms with Gasteiger partial charge in [0.05, 0.1) is 5.69 Å². The van der Waals surface area contributed by atoms with Gasteiger partial charge < -0.3 is 0 Å². The first-order valence-corrected chi connectivity index (χ1v) is 6.69. The second-order valence-electron chi connectivity index (χ2n) is 3.81. The highest BCUT2D eigenvalue weighted by Crippen LogP contribution is 2.32. The Labute approximate surface area is 108 Å². The van der Waals surface area contributed by atoms with Gasteiger partial charge in [0.2, 0.25) is 0 Å². The van der Waals surface area contributed by atoms with Crippen LogP contribution in [0.1, 0.15) is 11.8 Å². The third-order valence-electron chi connectivity index (χ3n) is 2.77. The standard InChI is InChI=1S/C13H11ClN2S/c1-2-11-12(9-3-5-10(14)6-4-9)16-8-7-15-13(16)17-11/h3-8H,2H2,1H3. The second-order valence-corrected chi connectivity index (χ2v) is 5.31. The summed E-state index contributed by atoms with van der Waals surface area (Å²) in [6.45, 7) is 2.17. The van der Waals surface area contributed by atoms with Crippen LogP contribution < -0.4 is 0 Å². The fourth-order valence-corrected chi connectivity index (χ4v) is 3.14. The maximum atomic E-state index is 5.93. The smallest absolute Gasteiger partial charge is 0.194 e. The van der Waals surface area contributed by atoms with Crippen molar-refractivity contribution < 1.29 is 0 Å². The maximum absolute atomic E-state index is 5.93. The summed E-state index contributed by atoms with van der Waals surface area (Å²) in [4.78, 5) is 6.75. The number of aromatic nitrogens is 2. The van der Waals surface area contributed by atoms with Gasteiger partial charge in [-0.3, -0.25) is 4.40 Å². The second kappa shape index (κ2) is 4.17. The number of thiazole rings is 1. The van der Waals surface area contributed by atoms with Crippen molar-refractivity contribution in [1.29, 1.82) is 0 Å². The largest absolute Gasteiger partial charge is 0.290 e. The van der Waals surface area contributed by atoms with Gasteiger partial charge in [-0.25, -0.2) is 4.98 Å². The third-order valence-corrected chi connectivity index (χ3v) is 4.23. The van der Waals surface area contributed by atoms with Crippen LogP contribution in [-0.2, 0) is 6.42 Å². The van der Waals surface area contributed by atoms with E-state index in [2.05, 4.69) is 28.4 Å². The van der Waals surface area contributed by atoms with Gasteiger partial charge >= 0.3 is 0 Å². The van der Waals surface area contributed by atoms with Crippen LogP contribution in [0.4, 0.5) is 0 Å². The summed E-state index contributed by atoms with van der Waals surface area (Å²) >= 11 is 7.68. The Kier molecular flexibility index (Phi) is 2.65. The molecule has 2 nitrogen and oxygen atoms in total. The summed E-state index contributed by atoms with van der Waals surface area (Å²) in [5.41, 5.74) is 2.43. The SMILES string of the molecule is CCc1sc2nccn2c1-c1ccc(Cl)cc1. The molecule has 17 heavy (non-hydrogen) atoms. The van der Waals surface area contributed by atoms with Crippen LogP contribution in [0.5, 0.6) is 0 Å². The maximum Gasteiger partial charge on any atom is 0.194 e. The number of benzene rings is 1. The molecular formula is C13H11ClN2S. The summed E-state index contributed by atoms with van der Waals surface area (Å²) < 4.78 is 2.15. The molecule has 2 aromatic heterocycles. The van der Waals surface area contributed by atoms with Crippen molar-refractivity contribution in [2.24, 2.45) is 0 Å². The zero-order valence-electron chi connectivity index (χ0n) is 9.35. The quantitative estimate of drug-likeness (QED) is 0.674. The van der Waals surface area contributed by atoms with Gasteiger partial charge in [-0.15, -0.1) is 11.3 Å². The highest BCUT2D eigenvalue weighted by Gasteiger charge is 2.12. The molecule has 0 N–H and O–H groups in total. The van der Waals surface area contributed by atoms with E-state index in [1.165, 1.54) is 16.1 Å². The van der Waals surface area contributed by atoms with E-state index in [-0.39, 0.29) is 0 Å². The molecule has 0 fully saturated rings. The topological polar surface area (TPSA) is 17.3 Å². The van der Waals surface area contributed by atoms with Gasteiger partial charge in [0.25, 0.3) is 0 Å². The van der Waals surface area contributed by atoms with E-state index >= 15 is 0 Å². The van der Waals surface area contributed by atoms with E-state index in [1.54, 1.807) is 11.3 Å². The minimum atomic E-state index is 0.768. The third kappa shape index (κ3) is 1.75. The normalized spacial score (nSPS) is 11.2. The lowest BCUT2D eigenvalue weighted by atomic mass is 10.1. The Morgan fingerprint density at radius 2 is 2.06 bits per heavy atom. The summed E-state index contributed by atoms with van der Waals surface area (Å²) in [5.74, 6) is 0. The summed E-state index contributed by atoms with van der Waals surface area (Å²) in [6.07, 6.45) is 4.87. The number of nitrogens with zero attached hydrogens (tertiary/aromatic N) is 2. The Bertz CT molecular complexity index is 652. The van der Waals surface area contributed by atoms with Crippen LogP contribution in [0.2, 0.25) is 5.02 Å². The predicted molar refractivity (Wildman–Crippen MR) is 72.9 cm³/mol. The Morgan fingerprint density at radius 1 is 1.29 bits per heavy atom. The molecule has 1 aromatic carbocycles. The highest BCUT2D eigenvalue weighted by atomic mass is 35.5. The first-order valence-electron chi connectivity index (χ1n) is 5.50. The van der Waals surface area contributed by atoms with Crippen molar-refractivity contribution in [3.63, 3.8) is 0 Å². The number of fused-ring (bicyclic) bond motifs is 1. The Morgan fingerprint density at radius 3 is 2.76 bits per heavy atom. The van der Waals surface area contributed by atoms with Gasteiger partial charge in [0, 0.05) is 22.3 Å². The molecule has 0 radical (unpaired) electrons. The van der Waals surface area contributed by atoms with E-state index in [4.69, 9.17) is 11.6 Å². The minimum Gasteiger partial charge on any atom is -0.290 e. The summed E-state index contributed by atoms with van der Waals surface area (Å²) in [5, 5.41) is 0.768. The predicted octanol–water partition coefficient (Wildman–Crippen LogP) is 4.28. The average Bonchev–Trinajstić information content (AvgIpc) is 2.89. The van der Waals surface area contributed by atoms with E-state index in [1.807, 2.05) is 24.5 Å². The lowest BCUT2D eigenvalue weighted by molar-refractivity contribution is 1.14. The fraction of sp³-hybridized carbons (Fsp3) is 0.154. The van der Waals surface area contributed by atoms with Crippen LogP contribution in [-0.4, -0.2) is 9.38 Å². The molecule has 0 bridgehead atoms. The molecule has 4 heteroatoms. The van der Waals surface area contributed by atoms with Gasteiger partial charge in [-0.1, -0.05) is 30.7 Å². The molecule has 2 heterocycles. The molecule has 0 amide bonds. The van der Waals surface area contributed by atoms with Crippen LogP contribution in [0, 0.1) is 0 Å². The molecule has 0 aliphatic rings. The van der Waals surface area contributed by atoms with Gasteiger partial charge in [0.15, 0.2) is 4.96 Å². The Balaban J connectivity index is 2.26. The van der Waals surface area contributed by atoms with E-state index < -0.39 is 0 Å². The van der Waals surface area contributed by atoms with E-state index in [0.717, 1.165) is 16.4 Å². The molecule has 0 aliphatic carbocycles. The van der Waals surface area contributed by atoms with Crippen molar-refractivity contribution in [1.82, 2.24) is 9.38 Å². The number of rotatable bonds is 2. The molecule has 86 valence electrons. The minimum absolute atomic E-state index is 0.768. The molecular weight excluding hydrogens is 252 g/mol. The Hall–Kier alpha value is -1.32. The number of hydrogen-bond donors (Lipinski definition) is 0. The van der Waals surface area contributed by atoms with Gasteiger partial charge in [-0.05, 0) is 24.1 Å². The molecule has 0 saturated carbocycles. The van der Waals surface area contributed by atoms with Gasteiger partial charge in [0.1, 0.15) is 0 Å². The van der Waals surface area contributed by atoms with Crippen LogP contribution in [0.15, 0.2) is 36.7 Å². The average molecular weight is 263 g/mol. The van der Waals surface area contributed by atoms with Crippen molar-refractivity contribution in [3.05, 3.63) is 46.6 Å². The van der Waals surface area contributed by atoms with Crippen molar-refractivity contribution >= 4 is 27.9 Å². The zero-order valence-corrected chi connectivity index (χ0v) is 10.9.